The number of aryl methyl sites for hydroxylation is 1. The lowest BCUT2D eigenvalue weighted by atomic mass is 9.92. The molecule has 1 saturated heterocycles. The van der Waals surface area contributed by atoms with E-state index < -0.39 is 36.5 Å². The van der Waals surface area contributed by atoms with E-state index in [1.807, 2.05) is 31.2 Å². The van der Waals surface area contributed by atoms with Crippen molar-refractivity contribution in [3.05, 3.63) is 65.2 Å². The van der Waals surface area contributed by atoms with Crippen LogP contribution in [0.4, 0.5) is 13.6 Å². The van der Waals surface area contributed by atoms with Crippen molar-refractivity contribution in [3.8, 4) is 5.75 Å². The normalized spacial score (nSPS) is 18.5. The molecule has 2 aromatic rings. The Kier molecular flexibility index (Phi) is 6.00. The molecular formula is C21H21F2N3O4. The van der Waals surface area contributed by atoms with E-state index in [-0.39, 0.29) is 12.3 Å². The smallest absolute Gasteiger partial charge is 0.387 e. The fourth-order valence-electron chi connectivity index (χ4n) is 3.11. The number of nitrogens with one attached hydrogen (secondary N) is 2. The first-order valence-electron chi connectivity index (χ1n) is 9.21. The van der Waals surface area contributed by atoms with Gasteiger partial charge in [0.1, 0.15) is 17.8 Å². The third kappa shape index (κ3) is 4.56. The predicted molar refractivity (Wildman–Crippen MR) is 104 cm³/mol. The minimum Gasteiger partial charge on any atom is -0.435 e. The van der Waals surface area contributed by atoms with Crippen LogP contribution in [-0.2, 0) is 21.7 Å². The van der Waals surface area contributed by atoms with E-state index >= 15 is 0 Å². The van der Waals surface area contributed by atoms with Gasteiger partial charge in [-0.25, -0.2) is 4.79 Å². The van der Waals surface area contributed by atoms with E-state index in [0.29, 0.717) is 5.56 Å². The van der Waals surface area contributed by atoms with Crippen LogP contribution >= 0.6 is 0 Å². The van der Waals surface area contributed by atoms with Gasteiger partial charge in [-0.2, -0.15) is 8.78 Å². The van der Waals surface area contributed by atoms with Gasteiger partial charge in [-0.15, -0.1) is 0 Å². The van der Waals surface area contributed by atoms with Gasteiger partial charge in [0.15, 0.2) is 0 Å². The van der Waals surface area contributed by atoms with Crippen LogP contribution < -0.4 is 15.4 Å². The molecule has 2 aromatic carbocycles. The number of benzene rings is 2. The summed E-state index contributed by atoms with van der Waals surface area (Å²) in [6.45, 7) is 0.314. The van der Waals surface area contributed by atoms with Crippen LogP contribution in [0.2, 0.25) is 0 Å². The van der Waals surface area contributed by atoms with E-state index in [9.17, 15) is 23.2 Å². The molecule has 0 spiro atoms. The maximum absolute atomic E-state index is 12.9. The Morgan fingerprint density at radius 2 is 1.77 bits per heavy atom. The largest absolute Gasteiger partial charge is 0.435 e. The standard InChI is InChI=1S/C21H21F2N3O4/c1-13-3-5-14(6-4-13)11-24-17(27)12-26-18(28)21(2,25-20(26)29)15-7-9-16(10-8-15)30-19(22)23/h3-10,19H,11-12H2,1-2H3,(H,24,27)(H,25,29)/t21-/m0/s1. The molecule has 9 heteroatoms. The van der Waals surface area contributed by atoms with E-state index in [4.69, 9.17) is 0 Å². The van der Waals surface area contributed by atoms with Gasteiger partial charge in [0, 0.05) is 6.54 Å². The number of ether oxygens (including phenoxy) is 1. The molecule has 1 aliphatic heterocycles. The number of carbonyl (C=O) groups excluding carboxylic acids is 3. The summed E-state index contributed by atoms with van der Waals surface area (Å²) in [6, 6.07) is 12.3. The van der Waals surface area contributed by atoms with Crippen molar-refractivity contribution in [1.82, 2.24) is 15.5 Å². The summed E-state index contributed by atoms with van der Waals surface area (Å²) in [7, 11) is 0. The maximum Gasteiger partial charge on any atom is 0.387 e. The summed E-state index contributed by atoms with van der Waals surface area (Å²) in [5.74, 6) is -1.16. The molecule has 1 aliphatic rings. The highest BCUT2D eigenvalue weighted by atomic mass is 19.3. The van der Waals surface area contributed by atoms with Crippen molar-refractivity contribution in [2.24, 2.45) is 0 Å². The van der Waals surface area contributed by atoms with Gasteiger partial charge in [0.2, 0.25) is 5.91 Å². The van der Waals surface area contributed by atoms with Gasteiger partial charge in [-0.05, 0) is 37.1 Å². The van der Waals surface area contributed by atoms with Crippen molar-refractivity contribution < 1.29 is 27.9 Å². The number of amides is 4. The SMILES string of the molecule is Cc1ccc(CNC(=O)CN2C(=O)N[C@@](C)(c3ccc(OC(F)F)cc3)C2=O)cc1. The number of nitrogens with zero attached hydrogens (tertiary/aromatic N) is 1. The van der Waals surface area contributed by atoms with Crippen LogP contribution in [0, 0.1) is 6.92 Å². The van der Waals surface area contributed by atoms with Crippen LogP contribution in [-0.4, -0.2) is 35.9 Å². The summed E-state index contributed by atoms with van der Waals surface area (Å²) in [6.07, 6.45) is 0. The first-order valence-corrected chi connectivity index (χ1v) is 9.21. The Balaban J connectivity index is 1.64. The van der Waals surface area contributed by atoms with Crippen molar-refractivity contribution >= 4 is 17.8 Å². The third-order valence-electron chi connectivity index (χ3n) is 4.84. The summed E-state index contributed by atoms with van der Waals surface area (Å²) in [5.41, 5.74) is 0.946. The number of rotatable bonds is 7. The Labute approximate surface area is 172 Å². The monoisotopic (exact) mass is 417 g/mol. The van der Waals surface area contributed by atoms with Crippen LogP contribution in [0.25, 0.3) is 0 Å². The summed E-state index contributed by atoms with van der Waals surface area (Å²) >= 11 is 0. The fraction of sp³-hybridized carbons (Fsp3) is 0.286. The molecule has 0 aromatic heterocycles. The van der Waals surface area contributed by atoms with Crippen LogP contribution in [0.1, 0.15) is 23.6 Å². The average molecular weight is 417 g/mol. The Morgan fingerprint density at radius 3 is 2.37 bits per heavy atom. The first-order chi connectivity index (χ1) is 14.2. The molecule has 2 N–H and O–H groups in total. The second kappa shape index (κ2) is 8.48. The Hall–Kier alpha value is -3.49. The summed E-state index contributed by atoms with van der Waals surface area (Å²) < 4.78 is 28.9. The zero-order valence-electron chi connectivity index (χ0n) is 16.4. The van der Waals surface area contributed by atoms with E-state index in [1.54, 1.807) is 0 Å². The fourth-order valence-corrected chi connectivity index (χ4v) is 3.11. The number of carbonyl (C=O) groups is 3. The Bertz CT molecular complexity index is 948. The second-order valence-electron chi connectivity index (χ2n) is 7.11. The number of imide groups is 1. The predicted octanol–water partition coefficient (Wildman–Crippen LogP) is 2.68. The zero-order chi connectivity index (χ0) is 21.9. The quantitative estimate of drug-likeness (QED) is 0.678. The van der Waals surface area contributed by atoms with Crippen molar-refractivity contribution in [2.45, 2.75) is 32.5 Å². The number of alkyl halides is 2. The van der Waals surface area contributed by atoms with Crippen molar-refractivity contribution in [2.75, 3.05) is 6.54 Å². The average Bonchev–Trinajstić information content (AvgIpc) is 2.91. The van der Waals surface area contributed by atoms with Crippen molar-refractivity contribution in [3.63, 3.8) is 0 Å². The van der Waals surface area contributed by atoms with Gasteiger partial charge in [-0.1, -0.05) is 42.0 Å². The van der Waals surface area contributed by atoms with Gasteiger partial charge >= 0.3 is 12.6 Å². The van der Waals surface area contributed by atoms with Crippen LogP contribution in [0.3, 0.4) is 0 Å². The molecule has 0 aliphatic carbocycles. The van der Waals surface area contributed by atoms with E-state index in [1.165, 1.54) is 31.2 Å². The molecular weight excluding hydrogens is 396 g/mol. The van der Waals surface area contributed by atoms with Gasteiger partial charge in [-0.3, -0.25) is 14.5 Å². The van der Waals surface area contributed by atoms with Crippen LogP contribution in [0.15, 0.2) is 48.5 Å². The summed E-state index contributed by atoms with van der Waals surface area (Å²) in [5, 5.41) is 5.24. The van der Waals surface area contributed by atoms with Crippen LogP contribution in [0.5, 0.6) is 5.75 Å². The van der Waals surface area contributed by atoms with Gasteiger partial charge in [0.25, 0.3) is 5.91 Å². The second-order valence-corrected chi connectivity index (χ2v) is 7.11. The molecule has 0 saturated carbocycles. The zero-order valence-corrected chi connectivity index (χ0v) is 16.4. The number of hydrogen-bond acceptors (Lipinski definition) is 4. The minimum atomic E-state index is -2.96. The summed E-state index contributed by atoms with van der Waals surface area (Å²) in [4.78, 5) is 38.3. The molecule has 7 nitrogen and oxygen atoms in total. The van der Waals surface area contributed by atoms with Gasteiger partial charge < -0.3 is 15.4 Å². The number of hydrogen-bond donors (Lipinski definition) is 2. The number of halogens is 2. The van der Waals surface area contributed by atoms with Crippen molar-refractivity contribution in [1.29, 1.82) is 0 Å². The van der Waals surface area contributed by atoms with E-state index in [0.717, 1.165) is 16.0 Å². The molecule has 3 rings (SSSR count). The molecule has 1 atom stereocenters. The molecule has 0 bridgehead atoms. The molecule has 158 valence electrons. The molecule has 30 heavy (non-hydrogen) atoms. The highest BCUT2D eigenvalue weighted by molar-refractivity contribution is 6.09. The molecule has 1 fully saturated rings. The Morgan fingerprint density at radius 1 is 1.13 bits per heavy atom. The lowest BCUT2D eigenvalue weighted by Crippen LogP contribution is -2.43. The topological polar surface area (TPSA) is 87.7 Å². The highest BCUT2D eigenvalue weighted by Gasteiger charge is 2.49. The highest BCUT2D eigenvalue weighted by Crippen LogP contribution is 2.30. The van der Waals surface area contributed by atoms with Gasteiger partial charge in [0.05, 0.1) is 0 Å². The first kappa shape index (κ1) is 21.2. The molecule has 0 unspecified atom stereocenters. The lowest BCUT2D eigenvalue weighted by molar-refractivity contribution is -0.134. The molecule has 1 heterocycles. The van der Waals surface area contributed by atoms with E-state index in [2.05, 4.69) is 15.4 Å². The maximum atomic E-state index is 12.9. The number of urea groups is 1. The lowest BCUT2D eigenvalue weighted by Gasteiger charge is -2.22. The molecule has 4 amide bonds. The third-order valence-corrected chi connectivity index (χ3v) is 4.84. The minimum absolute atomic E-state index is 0.0681. The molecule has 0 radical (unpaired) electrons.